The Balaban J connectivity index is 2.12. The van der Waals surface area contributed by atoms with Crippen molar-refractivity contribution in [1.29, 1.82) is 0 Å². The second-order valence-electron chi connectivity index (χ2n) is 9.71. The molecule has 138 valence electrons. The highest BCUT2D eigenvalue weighted by Gasteiger charge is 2.19. The lowest BCUT2D eigenvalue weighted by atomic mass is 9.82. The van der Waals surface area contributed by atoms with Crippen molar-refractivity contribution in [1.82, 2.24) is 4.98 Å². The van der Waals surface area contributed by atoms with Gasteiger partial charge < -0.3 is 4.98 Å². The van der Waals surface area contributed by atoms with Crippen LogP contribution >= 0.6 is 0 Å². The van der Waals surface area contributed by atoms with Crippen LogP contribution in [0, 0.1) is 0 Å². The molecule has 1 N–H and O–H groups in total. The van der Waals surface area contributed by atoms with E-state index in [1.54, 1.807) is 0 Å². The van der Waals surface area contributed by atoms with E-state index in [2.05, 4.69) is 101 Å². The predicted octanol–water partition coefficient (Wildman–Crippen LogP) is 7.58. The van der Waals surface area contributed by atoms with E-state index in [0.29, 0.717) is 0 Å². The van der Waals surface area contributed by atoms with Crippen LogP contribution in [0.2, 0.25) is 0 Å². The van der Waals surface area contributed by atoms with Crippen molar-refractivity contribution in [2.24, 2.45) is 0 Å². The fourth-order valence-corrected chi connectivity index (χ4v) is 3.83. The molecule has 27 heavy (non-hydrogen) atoms. The molecule has 1 aromatic heterocycles. The molecule has 1 heteroatoms. The first-order chi connectivity index (χ1) is 12.6. The standard InChI is InChI=1S/C26H29N/c1-25(2,3)19-11-12-21-18(15-19)14-17-9-10-20(26(4,5)6)16-22(17)24(21)23-8-7-13-27-23/h7-16,27H,1-6H3. The zero-order valence-electron chi connectivity index (χ0n) is 17.3. The summed E-state index contributed by atoms with van der Waals surface area (Å²) in [6.45, 7) is 13.7. The first kappa shape index (κ1) is 17.9. The fraction of sp³-hybridized carbons (Fsp3) is 0.308. The van der Waals surface area contributed by atoms with Gasteiger partial charge in [-0.25, -0.2) is 0 Å². The number of hydrogen-bond donors (Lipinski definition) is 1. The maximum absolute atomic E-state index is 3.44. The van der Waals surface area contributed by atoms with Crippen LogP contribution in [0.5, 0.6) is 0 Å². The molecule has 0 radical (unpaired) electrons. The van der Waals surface area contributed by atoms with Gasteiger partial charge in [-0.15, -0.1) is 0 Å². The first-order valence-electron chi connectivity index (χ1n) is 9.80. The van der Waals surface area contributed by atoms with Gasteiger partial charge in [0.05, 0.1) is 0 Å². The predicted molar refractivity (Wildman–Crippen MR) is 119 cm³/mol. The van der Waals surface area contributed by atoms with Crippen LogP contribution in [0.25, 0.3) is 32.8 Å². The topological polar surface area (TPSA) is 15.8 Å². The van der Waals surface area contributed by atoms with E-state index in [9.17, 15) is 0 Å². The molecule has 1 nitrogen and oxygen atoms in total. The Kier molecular flexibility index (Phi) is 3.96. The Morgan fingerprint density at radius 2 is 1.30 bits per heavy atom. The molecular weight excluding hydrogens is 326 g/mol. The van der Waals surface area contributed by atoms with Crippen molar-refractivity contribution in [3.05, 3.63) is 71.9 Å². The minimum atomic E-state index is 0.131. The third-order valence-electron chi connectivity index (χ3n) is 5.55. The third-order valence-corrected chi connectivity index (χ3v) is 5.55. The molecule has 0 spiro atoms. The van der Waals surface area contributed by atoms with Crippen LogP contribution in [-0.2, 0) is 10.8 Å². The summed E-state index contributed by atoms with van der Waals surface area (Å²) in [4.78, 5) is 3.44. The van der Waals surface area contributed by atoms with Gasteiger partial charge in [-0.3, -0.25) is 0 Å². The zero-order chi connectivity index (χ0) is 19.4. The minimum Gasteiger partial charge on any atom is -0.361 e. The molecule has 0 fully saturated rings. The van der Waals surface area contributed by atoms with E-state index in [1.807, 2.05) is 6.20 Å². The van der Waals surface area contributed by atoms with Crippen molar-refractivity contribution in [2.75, 3.05) is 0 Å². The highest BCUT2D eigenvalue weighted by atomic mass is 14.7. The molecule has 0 amide bonds. The highest BCUT2D eigenvalue weighted by Crippen LogP contribution is 2.39. The van der Waals surface area contributed by atoms with Crippen molar-refractivity contribution in [3.63, 3.8) is 0 Å². The summed E-state index contributed by atoms with van der Waals surface area (Å²) in [6.07, 6.45) is 2.01. The molecule has 0 aliphatic heterocycles. The van der Waals surface area contributed by atoms with Gasteiger partial charge in [0.2, 0.25) is 0 Å². The fourth-order valence-electron chi connectivity index (χ4n) is 3.83. The van der Waals surface area contributed by atoms with Crippen molar-refractivity contribution >= 4 is 21.5 Å². The second-order valence-corrected chi connectivity index (χ2v) is 9.71. The van der Waals surface area contributed by atoms with E-state index in [1.165, 1.54) is 43.9 Å². The van der Waals surface area contributed by atoms with E-state index in [4.69, 9.17) is 0 Å². The Bertz CT molecular complexity index is 1120. The summed E-state index contributed by atoms with van der Waals surface area (Å²) in [7, 11) is 0. The molecule has 1 heterocycles. The summed E-state index contributed by atoms with van der Waals surface area (Å²) in [5.41, 5.74) is 5.50. The molecule has 0 saturated carbocycles. The Labute approximate surface area is 162 Å². The van der Waals surface area contributed by atoms with Gasteiger partial charge in [-0.2, -0.15) is 0 Å². The number of H-pyrrole nitrogens is 1. The average molecular weight is 356 g/mol. The second kappa shape index (κ2) is 5.99. The number of aromatic nitrogens is 1. The van der Waals surface area contributed by atoms with E-state index in [0.717, 1.165) is 0 Å². The smallest absolute Gasteiger partial charge is 0.0466 e. The van der Waals surface area contributed by atoms with Crippen molar-refractivity contribution < 1.29 is 0 Å². The van der Waals surface area contributed by atoms with Crippen LogP contribution in [0.1, 0.15) is 52.7 Å². The molecule has 0 saturated heterocycles. The molecule has 4 aromatic rings. The van der Waals surface area contributed by atoms with Crippen LogP contribution in [0.4, 0.5) is 0 Å². The summed E-state index contributed by atoms with van der Waals surface area (Å²) in [5.74, 6) is 0. The first-order valence-corrected chi connectivity index (χ1v) is 9.80. The summed E-state index contributed by atoms with van der Waals surface area (Å²) in [6, 6.07) is 20.5. The molecule has 0 atom stereocenters. The molecule has 3 aromatic carbocycles. The molecular formula is C26H29N. The lowest BCUT2D eigenvalue weighted by molar-refractivity contribution is 0.590. The van der Waals surface area contributed by atoms with Crippen LogP contribution in [0.3, 0.4) is 0 Å². The van der Waals surface area contributed by atoms with Crippen LogP contribution in [0.15, 0.2) is 60.8 Å². The van der Waals surface area contributed by atoms with Gasteiger partial charge in [0, 0.05) is 17.5 Å². The zero-order valence-corrected chi connectivity index (χ0v) is 17.3. The van der Waals surface area contributed by atoms with Gasteiger partial charge in [-0.05, 0) is 67.8 Å². The van der Waals surface area contributed by atoms with Crippen molar-refractivity contribution in [2.45, 2.75) is 52.4 Å². The molecule has 0 unspecified atom stereocenters. The molecule has 4 rings (SSSR count). The lowest BCUT2D eigenvalue weighted by Crippen LogP contribution is -2.11. The summed E-state index contributed by atoms with van der Waals surface area (Å²) >= 11 is 0. The Morgan fingerprint density at radius 1 is 0.630 bits per heavy atom. The number of fused-ring (bicyclic) bond motifs is 2. The molecule has 0 bridgehead atoms. The maximum atomic E-state index is 3.44. The number of hydrogen-bond acceptors (Lipinski definition) is 0. The SMILES string of the molecule is CC(C)(C)c1ccc2c(-c3ccc[nH]3)c3cc(C(C)(C)C)ccc3cc2c1. The summed E-state index contributed by atoms with van der Waals surface area (Å²) in [5, 5.41) is 5.24. The van der Waals surface area contributed by atoms with Gasteiger partial charge in [0.15, 0.2) is 0 Å². The normalized spacial score (nSPS) is 12.8. The minimum absolute atomic E-state index is 0.131. The van der Waals surface area contributed by atoms with Gasteiger partial charge >= 0.3 is 0 Å². The van der Waals surface area contributed by atoms with Crippen LogP contribution in [-0.4, -0.2) is 4.98 Å². The van der Waals surface area contributed by atoms with E-state index in [-0.39, 0.29) is 10.8 Å². The van der Waals surface area contributed by atoms with Gasteiger partial charge in [0.1, 0.15) is 0 Å². The quantitative estimate of drug-likeness (QED) is 0.339. The number of benzene rings is 3. The average Bonchev–Trinajstić information content (AvgIpc) is 3.11. The highest BCUT2D eigenvalue weighted by molar-refractivity contribution is 6.12. The largest absolute Gasteiger partial charge is 0.361 e. The summed E-state index contributed by atoms with van der Waals surface area (Å²) < 4.78 is 0. The maximum Gasteiger partial charge on any atom is 0.0466 e. The number of aromatic amines is 1. The Hall–Kier alpha value is -2.54. The van der Waals surface area contributed by atoms with Crippen LogP contribution < -0.4 is 0 Å². The lowest BCUT2D eigenvalue weighted by Gasteiger charge is -2.22. The third kappa shape index (κ3) is 3.16. The Morgan fingerprint density at radius 3 is 1.93 bits per heavy atom. The van der Waals surface area contributed by atoms with Crippen molar-refractivity contribution in [3.8, 4) is 11.3 Å². The number of nitrogens with one attached hydrogen (secondary N) is 1. The number of rotatable bonds is 1. The van der Waals surface area contributed by atoms with Gasteiger partial charge in [-0.1, -0.05) is 71.9 Å². The molecule has 0 aliphatic carbocycles. The molecule has 0 aliphatic rings. The van der Waals surface area contributed by atoms with E-state index < -0.39 is 0 Å². The van der Waals surface area contributed by atoms with Gasteiger partial charge in [0.25, 0.3) is 0 Å². The van der Waals surface area contributed by atoms with E-state index >= 15 is 0 Å². The monoisotopic (exact) mass is 355 g/mol.